The SMILES string of the molecule is CCC(N)CCCN1CCCN2CCCC2C1. The van der Waals surface area contributed by atoms with Crippen LogP contribution >= 0.6 is 0 Å². The molecule has 2 N–H and O–H groups in total. The van der Waals surface area contributed by atoms with E-state index >= 15 is 0 Å². The van der Waals surface area contributed by atoms with Gasteiger partial charge in [-0.1, -0.05) is 6.92 Å². The topological polar surface area (TPSA) is 32.5 Å². The number of nitrogens with two attached hydrogens (primary N) is 1. The average molecular weight is 239 g/mol. The molecular formula is C14H29N3. The normalized spacial score (nSPS) is 28.9. The Morgan fingerprint density at radius 1 is 1.24 bits per heavy atom. The Morgan fingerprint density at radius 3 is 2.88 bits per heavy atom. The second-order valence-corrected chi connectivity index (χ2v) is 5.80. The van der Waals surface area contributed by atoms with E-state index in [2.05, 4.69) is 16.7 Å². The van der Waals surface area contributed by atoms with Crippen molar-refractivity contribution in [3.63, 3.8) is 0 Å². The van der Waals surface area contributed by atoms with E-state index in [-0.39, 0.29) is 0 Å². The summed E-state index contributed by atoms with van der Waals surface area (Å²) in [5, 5.41) is 0. The molecule has 2 saturated heterocycles. The smallest absolute Gasteiger partial charge is 0.0223 e. The van der Waals surface area contributed by atoms with Crippen molar-refractivity contribution in [1.82, 2.24) is 9.80 Å². The molecule has 0 spiro atoms. The van der Waals surface area contributed by atoms with E-state index in [4.69, 9.17) is 5.73 Å². The fraction of sp³-hybridized carbons (Fsp3) is 1.00. The predicted octanol–water partition coefficient (Wildman–Crippen LogP) is 1.67. The molecule has 2 unspecified atom stereocenters. The van der Waals surface area contributed by atoms with Gasteiger partial charge in [-0.2, -0.15) is 0 Å². The van der Waals surface area contributed by atoms with Crippen LogP contribution in [0.15, 0.2) is 0 Å². The van der Waals surface area contributed by atoms with E-state index in [1.54, 1.807) is 0 Å². The lowest BCUT2D eigenvalue weighted by Gasteiger charge is -2.25. The molecule has 0 bridgehead atoms. The van der Waals surface area contributed by atoms with Gasteiger partial charge in [-0.15, -0.1) is 0 Å². The van der Waals surface area contributed by atoms with E-state index in [1.807, 2.05) is 0 Å². The number of hydrogen-bond acceptors (Lipinski definition) is 3. The van der Waals surface area contributed by atoms with Gasteiger partial charge in [0.25, 0.3) is 0 Å². The number of nitrogens with zero attached hydrogens (tertiary/aromatic N) is 2. The van der Waals surface area contributed by atoms with Gasteiger partial charge in [0, 0.05) is 18.6 Å². The second-order valence-electron chi connectivity index (χ2n) is 5.80. The highest BCUT2D eigenvalue weighted by Gasteiger charge is 2.28. The summed E-state index contributed by atoms with van der Waals surface area (Å²) in [4.78, 5) is 5.39. The highest BCUT2D eigenvalue weighted by molar-refractivity contribution is 4.84. The minimum atomic E-state index is 0.421. The van der Waals surface area contributed by atoms with Gasteiger partial charge in [-0.3, -0.25) is 4.90 Å². The lowest BCUT2D eigenvalue weighted by atomic mass is 10.1. The van der Waals surface area contributed by atoms with Crippen molar-refractivity contribution in [2.75, 3.05) is 32.7 Å². The van der Waals surface area contributed by atoms with Gasteiger partial charge in [0.05, 0.1) is 0 Å². The quantitative estimate of drug-likeness (QED) is 0.792. The first-order valence-electron chi connectivity index (χ1n) is 7.51. The summed E-state index contributed by atoms with van der Waals surface area (Å²) in [6.07, 6.45) is 7.79. The maximum atomic E-state index is 5.98. The Hall–Kier alpha value is -0.120. The van der Waals surface area contributed by atoms with Gasteiger partial charge in [0.15, 0.2) is 0 Å². The molecule has 0 aromatic carbocycles. The molecule has 2 rings (SSSR count). The Bertz CT molecular complexity index is 220. The van der Waals surface area contributed by atoms with Gasteiger partial charge in [0.1, 0.15) is 0 Å². The summed E-state index contributed by atoms with van der Waals surface area (Å²) < 4.78 is 0. The molecule has 2 aliphatic heterocycles. The van der Waals surface area contributed by atoms with E-state index in [0.29, 0.717) is 6.04 Å². The summed E-state index contributed by atoms with van der Waals surface area (Å²) in [5.41, 5.74) is 5.98. The zero-order valence-electron chi connectivity index (χ0n) is 11.4. The van der Waals surface area contributed by atoms with Crippen molar-refractivity contribution in [3.8, 4) is 0 Å². The van der Waals surface area contributed by atoms with Crippen LogP contribution < -0.4 is 5.73 Å². The molecule has 2 aliphatic rings. The summed E-state index contributed by atoms with van der Waals surface area (Å²) in [6, 6.07) is 1.28. The van der Waals surface area contributed by atoms with E-state index in [9.17, 15) is 0 Å². The van der Waals surface area contributed by atoms with Crippen LogP contribution in [0.1, 0.15) is 45.4 Å². The molecule has 3 heteroatoms. The molecule has 0 aromatic heterocycles. The maximum absolute atomic E-state index is 5.98. The summed E-state index contributed by atoms with van der Waals surface area (Å²) in [7, 11) is 0. The number of hydrogen-bond donors (Lipinski definition) is 1. The van der Waals surface area contributed by atoms with E-state index in [1.165, 1.54) is 64.8 Å². The van der Waals surface area contributed by atoms with Crippen LogP contribution in [-0.4, -0.2) is 54.6 Å². The Balaban J connectivity index is 1.69. The first kappa shape index (κ1) is 13.3. The summed E-state index contributed by atoms with van der Waals surface area (Å²) in [5.74, 6) is 0. The minimum Gasteiger partial charge on any atom is -0.328 e. The first-order chi connectivity index (χ1) is 8.29. The Morgan fingerprint density at radius 2 is 2.06 bits per heavy atom. The van der Waals surface area contributed by atoms with Gasteiger partial charge in [0.2, 0.25) is 0 Å². The molecule has 0 aliphatic carbocycles. The monoisotopic (exact) mass is 239 g/mol. The molecule has 2 heterocycles. The van der Waals surface area contributed by atoms with Crippen molar-refractivity contribution < 1.29 is 0 Å². The molecule has 3 nitrogen and oxygen atoms in total. The Labute approximate surface area is 106 Å². The van der Waals surface area contributed by atoms with Crippen LogP contribution in [0.4, 0.5) is 0 Å². The van der Waals surface area contributed by atoms with Crippen LogP contribution in [0.25, 0.3) is 0 Å². The van der Waals surface area contributed by atoms with Gasteiger partial charge >= 0.3 is 0 Å². The zero-order chi connectivity index (χ0) is 12.1. The molecule has 100 valence electrons. The van der Waals surface area contributed by atoms with Crippen molar-refractivity contribution in [2.45, 2.75) is 57.5 Å². The van der Waals surface area contributed by atoms with Gasteiger partial charge < -0.3 is 10.6 Å². The lowest BCUT2D eigenvalue weighted by molar-refractivity contribution is 0.217. The molecule has 0 radical (unpaired) electrons. The fourth-order valence-electron chi connectivity index (χ4n) is 3.27. The molecule has 2 atom stereocenters. The van der Waals surface area contributed by atoms with Crippen LogP contribution in [0, 0.1) is 0 Å². The standard InChI is InChI=1S/C14H29N3/c1-2-13(15)6-3-8-16-9-5-11-17-10-4-7-14(17)12-16/h13-14H,2-12,15H2,1H3. The van der Waals surface area contributed by atoms with Crippen molar-refractivity contribution in [2.24, 2.45) is 5.73 Å². The molecule has 0 aromatic rings. The average Bonchev–Trinajstić information content (AvgIpc) is 2.68. The first-order valence-corrected chi connectivity index (χ1v) is 7.51. The van der Waals surface area contributed by atoms with E-state index < -0.39 is 0 Å². The van der Waals surface area contributed by atoms with Crippen molar-refractivity contribution >= 4 is 0 Å². The molecular weight excluding hydrogens is 210 g/mol. The number of fused-ring (bicyclic) bond motifs is 1. The third-order valence-corrected chi connectivity index (χ3v) is 4.46. The summed E-state index contributed by atoms with van der Waals surface area (Å²) >= 11 is 0. The lowest BCUT2D eigenvalue weighted by Crippen LogP contribution is -2.37. The largest absolute Gasteiger partial charge is 0.328 e. The van der Waals surface area contributed by atoms with Crippen LogP contribution in [0.3, 0.4) is 0 Å². The van der Waals surface area contributed by atoms with Crippen molar-refractivity contribution in [1.29, 1.82) is 0 Å². The summed E-state index contributed by atoms with van der Waals surface area (Å²) in [6.45, 7) is 8.73. The third kappa shape index (κ3) is 3.94. The predicted molar refractivity (Wildman–Crippen MR) is 73.2 cm³/mol. The van der Waals surface area contributed by atoms with Gasteiger partial charge in [-0.25, -0.2) is 0 Å². The molecule has 2 fully saturated rings. The molecule has 0 saturated carbocycles. The maximum Gasteiger partial charge on any atom is 0.0223 e. The fourth-order valence-corrected chi connectivity index (χ4v) is 3.27. The second kappa shape index (κ2) is 6.72. The number of rotatable bonds is 5. The third-order valence-electron chi connectivity index (χ3n) is 4.46. The zero-order valence-corrected chi connectivity index (χ0v) is 11.4. The Kier molecular flexibility index (Phi) is 5.26. The van der Waals surface area contributed by atoms with Crippen LogP contribution in [-0.2, 0) is 0 Å². The van der Waals surface area contributed by atoms with Crippen molar-refractivity contribution in [3.05, 3.63) is 0 Å². The highest BCUT2D eigenvalue weighted by Crippen LogP contribution is 2.21. The molecule has 17 heavy (non-hydrogen) atoms. The van der Waals surface area contributed by atoms with Crippen LogP contribution in [0.5, 0.6) is 0 Å². The van der Waals surface area contributed by atoms with Crippen LogP contribution in [0.2, 0.25) is 0 Å². The van der Waals surface area contributed by atoms with Gasteiger partial charge in [-0.05, 0) is 64.7 Å². The van der Waals surface area contributed by atoms with E-state index in [0.717, 1.165) is 12.5 Å². The highest BCUT2D eigenvalue weighted by atomic mass is 15.3. The minimum absolute atomic E-state index is 0.421. The molecule has 0 amide bonds.